The molecular weight excluding hydrogens is 204 g/mol. The van der Waals surface area contributed by atoms with Crippen molar-refractivity contribution in [2.45, 2.75) is 19.8 Å². The van der Waals surface area contributed by atoms with Crippen molar-refractivity contribution in [3.05, 3.63) is 35.4 Å². The molecule has 4 nitrogen and oxygen atoms in total. The first-order chi connectivity index (χ1) is 7.65. The predicted molar refractivity (Wildman–Crippen MR) is 62.0 cm³/mol. The largest absolute Gasteiger partial charge is 0.366 e. The topological polar surface area (TPSA) is 72.2 Å². The van der Waals surface area contributed by atoms with Crippen LogP contribution in [-0.4, -0.2) is 18.4 Å². The molecule has 16 heavy (non-hydrogen) atoms. The third-order valence-corrected chi connectivity index (χ3v) is 2.21. The van der Waals surface area contributed by atoms with Gasteiger partial charge in [0.2, 0.25) is 11.8 Å². The van der Waals surface area contributed by atoms with Gasteiger partial charge >= 0.3 is 0 Å². The predicted octanol–water partition coefficient (Wildman–Crippen LogP) is 0.854. The van der Waals surface area contributed by atoms with Gasteiger partial charge in [-0.25, -0.2) is 0 Å². The van der Waals surface area contributed by atoms with Gasteiger partial charge in [-0.1, -0.05) is 25.1 Å². The van der Waals surface area contributed by atoms with Gasteiger partial charge in [-0.3, -0.25) is 9.59 Å². The molecule has 1 aromatic rings. The molecule has 0 radical (unpaired) electrons. The zero-order chi connectivity index (χ0) is 12.0. The highest BCUT2D eigenvalue weighted by atomic mass is 16.2. The van der Waals surface area contributed by atoms with Crippen molar-refractivity contribution < 1.29 is 9.59 Å². The molecule has 0 bridgehead atoms. The lowest BCUT2D eigenvalue weighted by atomic mass is 10.0. The summed E-state index contributed by atoms with van der Waals surface area (Å²) in [6.45, 7) is 2.63. The molecule has 0 aliphatic heterocycles. The van der Waals surface area contributed by atoms with Crippen LogP contribution >= 0.6 is 0 Å². The maximum Gasteiger partial charge on any atom is 0.248 e. The second-order valence-electron chi connectivity index (χ2n) is 3.55. The molecular formula is C12H16N2O2. The second-order valence-corrected chi connectivity index (χ2v) is 3.55. The molecule has 0 saturated carbocycles. The standard InChI is InChI=1S/C12H16N2O2/c1-2-7-14-11(15)8-9-5-3-4-6-10(9)12(13)16/h3-6H,2,7-8H2,1H3,(H2,13,16)(H,14,15). The third-order valence-electron chi connectivity index (χ3n) is 2.21. The first kappa shape index (κ1) is 12.2. The van der Waals surface area contributed by atoms with Gasteiger partial charge in [0.25, 0.3) is 0 Å². The lowest BCUT2D eigenvalue weighted by molar-refractivity contribution is -0.120. The first-order valence-electron chi connectivity index (χ1n) is 5.29. The van der Waals surface area contributed by atoms with E-state index in [4.69, 9.17) is 5.73 Å². The highest BCUT2D eigenvalue weighted by molar-refractivity contribution is 5.95. The number of rotatable bonds is 5. The van der Waals surface area contributed by atoms with Crippen molar-refractivity contribution in [1.29, 1.82) is 0 Å². The van der Waals surface area contributed by atoms with E-state index in [2.05, 4.69) is 5.32 Å². The molecule has 0 fully saturated rings. The second kappa shape index (κ2) is 5.90. The molecule has 1 rings (SSSR count). The third kappa shape index (κ3) is 3.38. The van der Waals surface area contributed by atoms with Gasteiger partial charge < -0.3 is 11.1 Å². The Balaban J connectivity index is 2.73. The normalized spacial score (nSPS) is 9.81. The fourth-order valence-electron chi connectivity index (χ4n) is 1.41. The van der Waals surface area contributed by atoms with Gasteiger partial charge in [-0.15, -0.1) is 0 Å². The molecule has 4 heteroatoms. The Labute approximate surface area is 94.8 Å². The average Bonchev–Trinajstić information content (AvgIpc) is 2.27. The SMILES string of the molecule is CCCNC(=O)Cc1ccccc1C(N)=O. The van der Waals surface area contributed by atoms with Crippen molar-refractivity contribution >= 4 is 11.8 Å². The van der Waals surface area contributed by atoms with E-state index in [-0.39, 0.29) is 12.3 Å². The smallest absolute Gasteiger partial charge is 0.248 e. The molecule has 0 spiro atoms. The Morgan fingerprint density at radius 2 is 2.00 bits per heavy atom. The van der Waals surface area contributed by atoms with Crippen LogP contribution in [0.1, 0.15) is 29.3 Å². The molecule has 86 valence electrons. The van der Waals surface area contributed by atoms with E-state index in [1.54, 1.807) is 24.3 Å². The number of hydrogen-bond acceptors (Lipinski definition) is 2. The number of benzene rings is 1. The van der Waals surface area contributed by atoms with Gasteiger partial charge in [0.05, 0.1) is 6.42 Å². The molecule has 1 aromatic carbocycles. The van der Waals surface area contributed by atoms with Crippen LogP contribution in [0.5, 0.6) is 0 Å². The molecule has 0 atom stereocenters. The molecule has 0 aromatic heterocycles. The number of primary amides is 1. The van der Waals surface area contributed by atoms with E-state index in [0.29, 0.717) is 17.7 Å². The maximum absolute atomic E-state index is 11.5. The van der Waals surface area contributed by atoms with E-state index in [9.17, 15) is 9.59 Å². The number of carbonyl (C=O) groups excluding carboxylic acids is 2. The van der Waals surface area contributed by atoms with Crippen LogP contribution in [0, 0.1) is 0 Å². The number of nitrogens with two attached hydrogens (primary N) is 1. The first-order valence-corrected chi connectivity index (χ1v) is 5.29. The van der Waals surface area contributed by atoms with E-state index < -0.39 is 5.91 Å². The van der Waals surface area contributed by atoms with Crippen molar-refractivity contribution in [2.75, 3.05) is 6.54 Å². The summed E-state index contributed by atoms with van der Waals surface area (Å²) in [5.74, 6) is -0.588. The number of amides is 2. The Morgan fingerprint density at radius 1 is 1.31 bits per heavy atom. The Morgan fingerprint density at radius 3 is 2.62 bits per heavy atom. The highest BCUT2D eigenvalue weighted by Crippen LogP contribution is 2.08. The maximum atomic E-state index is 11.5. The van der Waals surface area contributed by atoms with Gasteiger partial charge in [0.1, 0.15) is 0 Å². The van der Waals surface area contributed by atoms with Crippen LogP contribution < -0.4 is 11.1 Å². The monoisotopic (exact) mass is 220 g/mol. The van der Waals surface area contributed by atoms with Crippen molar-refractivity contribution in [2.24, 2.45) is 5.73 Å². The molecule has 0 aliphatic rings. The van der Waals surface area contributed by atoms with Gasteiger partial charge in [-0.05, 0) is 18.1 Å². The molecule has 0 heterocycles. The quantitative estimate of drug-likeness (QED) is 0.772. The van der Waals surface area contributed by atoms with Crippen LogP contribution in [0.15, 0.2) is 24.3 Å². The minimum absolute atomic E-state index is 0.0875. The van der Waals surface area contributed by atoms with E-state index in [0.717, 1.165) is 6.42 Å². The van der Waals surface area contributed by atoms with Crippen LogP contribution in [-0.2, 0) is 11.2 Å². The Bertz CT molecular complexity index is 388. The van der Waals surface area contributed by atoms with E-state index in [1.165, 1.54) is 0 Å². The lowest BCUT2D eigenvalue weighted by Gasteiger charge is -2.06. The van der Waals surface area contributed by atoms with E-state index in [1.807, 2.05) is 6.92 Å². The van der Waals surface area contributed by atoms with Gasteiger partial charge in [0, 0.05) is 12.1 Å². The highest BCUT2D eigenvalue weighted by Gasteiger charge is 2.10. The zero-order valence-electron chi connectivity index (χ0n) is 9.32. The molecule has 3 N–H and O–H groups in total. The fraction of sp³-hybridized carbons (Fsp3) is 0.333. The lowest BCUT2D eigenvalue weighted by Crippen LogP contribution is -2.26. The minimum Gasteiger partial charge on any atom is -0.366 e. The van der Waals surface area contributed by atoms with Gasteiger partial charge in [0.15, 0.2) is 0 Å². The van der Waals surface area contributed by atoms with Crippen LogP contribution in [0.25, 0.3) is 0 Å². The summed E-state index contributed by atoms with van der Waals surface area (Å²) < 4.78 is 0. The van der Waals surface area contributed by atoms with Crippen molar-refractivity contribution in [1.82, 2.24) is 5.32 Å². The van der Waals surface area contributed by atoms with Gasteiger partial charge in [-0.2, -0.15) is 0 Å². The van der Waals surface area contributed by atoms with Crippen LogP contribution in [0.4, 0.5) is 0 Å². The van der Waals surface area contributed by atoms with Crippen molar-refractivity contribution in [3.8, 4) is 0 Å². The average molecular weight is 220 g/mol. The Kier molecular flexibility index (Phi) is 4.51. The van der Waals surface area contributed by atoms with Crippen LogP contribution in [0.3, 0.4) is 0 Å². The Hall–Kier alpha value is -1.84. The summed E-state index contributed by atoms with van der Waals surface area (Å²) in [7, 11) is 0. The summed E-state index contributed by atoms with van der Waals surface area (Å²) in [5, 5.41) is 2.76. The molecule has 0 saturated heterocycles. The summed E-state index contributed by atoms with van der Waals surface area (Å²) in [5.41, 5.74) is 6.30. The fourth-order valence-corrected chi connectivity index (χ4v) is 1.41. The molecule has 0 aliphatic carbocycles. The summed E-state index contributed by atoms with van der Waals surface area (Å²) >= 11 is 0. The van der Waals surface area contributed by atoms with E-state index >= 15 is 0 Å². The molecule has 0 unspecified atom stereocenters. The summed E-state index contributed by atoms with van der Waals surface area (Å²) in [6.07, 6.45) is 1.09. The summed E-state index contributed by atoms with van der Waals surface area (Å²) in [4.78, 5) is 22.6. The molecule has 2 amide bonds. The zero-order valence-corrected chi connectivity index (χ0v) is 9.32. The minimum atomic E-state index is -0.501. The number of carbonyl (C=O) groups is 2. The number of nitrogens with one attached hydrogen (secondary N) is 1. The van der Waals surface area contributed by atoms with Crippen LogP contribution in [0.2, 0.25) is 0 Å². The van der Waals surface area contributed by atoms with Crippen molar-refractivity contribution in [3.63, 3.8) is 0 Å². The summed E-state index contributed by atoms with van der Waals surface area (Å²) in [6, 6.07) is 6.89. The number of hydrogen-bond donors (Lipinski definition) is 2.